The van der Waals surface area contributed by atoms with Crippen LogP contribution in [0.1, 0.15) is 29.7 Å². The van der Waals surface area contributed by atoms with Crippen molar-refractivity contribution in [2.45, 2.75) is 26.9 Å². The van der Waals surface area contributed by atoms with Crippen LogP contribution in [0.25, 0.3) is 0 Å². The zero-order valence-electron chi connectivity index (χ0n) is 9.08. The first kappa shape index (κ1) is 11.6. The number of aliphatic hydroxyl groups is 1. The minimum Gasteiger partial charge on any atom is -0.388 e. The lowest BCUT2D eigenvalue weighted by atomic mass is 10.0. The second-order valence-corrected chi connectivity index (χ2v) is 4.85. The number of aliphatic hydroxyl groups excluding tert-OH is 1. The van der Waals surface area contributed by atoms with Crippen molar-refractivity contribution < 1.29 is 5.11 Å². The molecule has 0 amide bonds. The van der Waals surface area contributed by atoms with Crippen LogP contribution in [-0.2, 0) is 0 Å². The lowest BCUT2D eigenvalue weighted by Gasteiger charge is -2.13. The Kier molecular flexibility index (Phi) is 4.49. The zero-order chi connectivity index (χ0) is 10.6. The van der Waals surface area contributed by atoms with Crippen molar-refractivity contribution in [1.82, 2.24) is 0 Å². The highest BCUT2D eigenvalue weighted by Gasteiger charge is 2.09. The fraction of sp³-hybridized carbons (Fsp3) is 0.500. The van der Waals surface area contributed by atoms with Gasteiger partial charge >= 0.3 is 0 Å². The van der Waals surface area contributed by atoms with Crippen LogP contribution in [0.4, 0.5) is 0 Å². The van der Waals surface area contributed by atoms with Crippen LogP contribution < -0.4 is 0 Å². The molecule has 1 N–H and O–H groups in total. The molecule has 1 aromatic rings. The molecule has 0 fully saturated rings. The molecule has 0 heterocycles. The zero-order valence-corrected chi connectivity index (χ0v) is 9.90. The van der Waals surface area contributed by atoms with E-state index in [2.05, 4.69) is 32.9 Å². The molecule has 0 aromatic heterocycles. The van der Waals surface area contributed by atoms with Gasteiger partial charge in [0.1, 0.15) is 0 Å². The van der Waals surface area contributed by atoms with Gasteiger partial charge in [0.25, 0.3) is 0 Å². The lowest BCUT2D eigenvalue weighted by molar-refractivity contribution is 0.203. The molecule has 0 bridgehead atoms. The van der Waals surface area contributed by atoms with Crippen molar-refractivity contribution in [3.8, 4) is 0 Å². The topological polar surface area (TPSA) is 20.2 Å². The highest BCUT2D eigenvalue weighted by atomic mass is 32.2. The van der Waals surface area contributed by atoms with Gasteiger partial charge in [-0.15, -0.1) is 0 Å². The van der Waals surface area contributed by atoms with Gasteiger partial charge in [-0.2, -0.15) is 11.8 Å². The number of aryl methyl sites for hydroxylation is 2. The Hall–Kier alpha value is -0.470. The van der Waals surface area contributed by atoms with Crippen LogP contribution in [0.15, 0.2) is 18.2 Å². The Morgan fingerprint density at radius 3 is 2.64 bits per heavy atom. The van der Waals surface area contributed by atoms with Crippen molar-refractivity contribution >= 4 is 11.8 Å². The lowest BCUT2D eigenvalue weighted by Crippen LogP contribution is -2.03. The number of rotatable bonds is 4. The predicted octanol–water partition coefficient (Wildman–Crippen LogP) is 3.09. The van der Waals surface area contributed by atoms with E-state index in [9.17, 15) is 5.11 Å². The van der Waals surface area contributed by atoms with Gasteiger partial charge in [-0.25, -0.2) is 0 Å². The Bertz CT molecular complexity index is 296. The van der Waals surface area contributed by atoms with E-state index in [1.807, 2.05) is 6.07 Å². The van der Waals surface area contributed by atoms with Crippen LogP contribution in [0.2, 0.25) is 0 Å². The van der Waals surface area contributed by atoms with E-state index in [1.165, 1.54) is 11.1 Å². The maximum absolute atomic E-state index is 9.90. The Morgan fingerprint density at radius 1 is 1.36 bits per heavy atom. The van der Waals surface area contributed by atoms with Crippen LogP contribution in [0.5, 0.6) is 0 Å². The molecular formula is C12H18OS. The minimum atomic E-state index is -0.319. The number of hydrogen-bond acceptors (Lipinski definition) is 2. The van der Waals surface area contributed by atoms with Crippen LogP contribution >= 0.6 is 11.8 Å². The van der Waals surface area contributed by atoms with Gasteiger partial charge in [-0.1, -0.05) is 30.7 Å². The summed E-state index contributed by atoms with van der Waals surface area (Å²) in [7, 11) is 0. The quantitative estimate of drug-likeness (QED) is 0.824. The molecule has 0 saturated heterocycles. The molecule has 0 aliphatic heterocycles. The van der Waals surface area contributed by atoms with Gasteiger partial charge in [0, 0.05) is 5.75 Å². The largest absolute Gasteiger partial charge is 0.388 e. The fourth-order valence-corrected chi connectivity index (χ4v) is 2.16. The SMILES string of the molecule is CCSCC(O)c1ccc(C)cc1C. The molecule has 0 saturated carbocycles. The minimum absolute atomic E-state index is 0.319. The van der Waals surface area contributed by atoms with Crippen molar-refractivity contribution in [3.05, 3.63) is 34.9 Å². The van der Waals surface area contributed by atoms with E-state index in [0.29, 0.717) is 0 Å². The third-order valence-electron chi connectivity index (χ3n) is 2.26. The second-order valence-electron chi connectivity index (χ2n) is 3.54. The molecule has 2 heteroatoms. The summed E-state index contributed by atoms with van der Waals surface area (Å²) in [5, 5.41) is 9.90. The van der Waals surface area contributed by atoms with Gasteiger partial charge in [0.2, 0.25) is 0 Å². The molecule has 14 heavy (non-hydrogen) atoms. The summed E-state index contributed by atoms with van der Waals surface area (Å²) in [4.78, 5) is 0. The monoisotopic (exact) mass is 210 g/mol. The van der Waals surface area contributed by atoms with E-state index in [-0.39, 0.29) is 6.10 Å². The molecule has 0 aliphatic rings. The molecule has 1 rings (SSSR count). The Balaban J connectivity index is 2.74. The van der Waals surface area contributed by atoms with Gasteiger partial charge in [-0.05, 0) is 30.7 Å². The summed E-state index contributed by atoms with van der Waals surface area (Å²) < 4.78 is 0. The Morgan fingerprint density at radius 2 is 2.07 bits per heavy atom. The summed E-state index contributed by atoms with van der Waals surface area (Å²) in [5.41, 5.74) is 3.51. The first-order valence-electron chi connectivity index (χ1n) is 4.98. The van der Waals surface area contributed by atoms with Gasteiger partial charge in [-0.3, -0.25) is 0 Å². The van der Waals surface area contributed by atoms with E-state index in [1.54, 1.807) is 11.8 Å². The highest BCUT2D eigenvalue weighted by molar-refractivity contribution is 7.99. The van der Waals surface area contributed by atoms with Crippen LogP contribution in [0.3, 0.4) is 0 Å². The predicted molar refractivity (Wildman–Crippen MR) is 63.9 cm³/mol. The van der Waals surface area contributed by atoms with E-state index >= 15 is 0 Å². The second kappa shape index (κ2) is 5.42. The van der Waals surface area contributed by atoms with Gasteiger partial charge in [0.15, 0.2) is 0 Å². The maximum Gasteiger partial charge on any atom is 0.0882 e. The molecule has 1 aromatic carbocycles. The van der Waals surface area contributed by atoms with Crippen molar-refractivity contribution in [2.75, 3.05) is 11.5 Å². The van der Waals surface area contributed by atoms with E-state index < -0.39 is 0 Å². The molecular weight excluding hydrogens is 192 g/mol. The molecule has 1 atom stereocenters. The Labute approximate surface area is 90.5 Å². The van der Waals surface area contributed by atoms with Crippen LogP contribution in [-0.4, -0.2) is 16.6 Å². The number of thioether (sulfide) groups is 1. The van der Waals surface area contributed by atoms with E-state index in [0.717, 1.165) is 17.1 Å². The summed E-state index contributed by atoms with van der Waals surface area (Å²) in [6, 6.07) is 6.21. The number of hydrogen-bond donors (Lipinski definition) is 1. The van der Waals surface area contributed by atoms with Crippen molar-refractivity contribution in [1.29, 1.82) is 0 Å². The highest BCUT2D eigenvalue weighted by Crippen LogP contribution is 2.22. The molecule has 0 radical (unpaired) electrons. The van der Waals surface area contributed by atoms with Crippen LogP contribution in [0, 0.1) is 13.8 Å². The average molecular weight is 210 g/mol. The van der Waals surface area contributed by atoms with Gasteiger partial charge in [0.05, 0.1) is 6.10 Å². The summed E-state index contributed by atoms with van der Waals surface area (Å²) in [6.45, 7) is 6.24. The third-order valence-corrected chi connectivity index (χ3v) is 3.22. The summed E-state index contributed by atoms with van der Waals surface area (Å²) >= 11 is 1.77. The standard InChI is InChI=1S/C12H18OS/c1-4-14-8-12(13)11-6-5-9(2)7-10(11)3/h5-7,12-13H,4,8H2,1-3H3. The summed E-state index contributed by atoms with van der Waals surface area (Å²) in [6.07, 6.45) is -0.319. The molecule has 1 nitrogen and oxygen atoms in total. The molecule has 0 aliphatic carbocycles. The molecule has 1 unspecified atom stereocenters. The smallest absolute Gasteiger partial charge is 0.0882 e. The third kappa shape index (κ3) is 3.03. The van der Waals surface area contributed by atoms with Gasteiger partial charge < -0.3 is 5.11 Å². The van der Waals surface area contributed by atoms with Crippen molar-refractivity contribution in [2.24, 2.45) is 0 Å². The van der Waals surface area contributed by atoms with E-state index in [4.69, 9.17) is 0 Å². The fourth-order valence-electron chi connectivity index (χ4n) is 1.52. The van der Waals surface area contributed by atoms with Crippen molar-refractivity contribution in [3.63, 3.8) is 0 Å². The molecule has 78 valence electrons. The number of benzene rings is 1. The first-order valence-corrected chi connectivity index (χ1v) is 6.13. The average Bonchev–Trinajstić information content (AvgIpc) is 2.14. The summed E-state index contributed by atoms with van der Waals surface area (Å²) in [5.74, 6) is 1.85. The normalized spacial score (nSPS) is 12.9. The first-order chi connectivity index (χ1) is 6.65. The maximum atomic E-state index is 9.90. The molecule has 0 spiro atoms.